The Bertz CT molecular complexity index is 604. The van der Waals surface area contributed by atoms with E-state index in [0.717, 1.165) is 5.57 Å². The van der Waals surface area contributed by atoms with Crippen molar-refractivity contribution in [3.8, 4) is 0 Å². The van der Waals surface area contributed by atoms with Crippen LogP contribution in [0.3, 0.4) is 0 Å². The van der Waals surface area contributed by atoms with Crippen molar-refractivity contribution < 1.29 is 24.2 Å². The molecule has 0 aromatic carbocycles. The predicted molar refractivity (Wildman–Crippen MR) is 78.6 cm³/mol. The number of carbonyl (C=O) groups is 2. The zero-order valence-electron chi connectivity index (χ0n) is 12.6. The molecule has 3 rings (SSSR count). The lowest BCUT2D eigenvalue weighted by atomic mass is 9.77. The third-order valence-electron chi connectivity index (χ3n) is 5.15. The van der Waals surface area contributed by atoms with E-state index in [-0.39, 0.29) is 5.57 Å². The maximum atomic E-state index is 11.9. The lowest BCUT2D eigenvalue weighted by Crippen LogP contribution is -2.45. The zero-order chi connectivity index (χ0) is 16.2. The van der Waals surface area contributed by atoms with Crippen LogP contribution in [0.1, 0.15) is 26.2 Å². The molecule has 1 saturated heterocycles. The van der Waals surface area contributed by atoms with Crippen molar-refractivity contribution in [3.63, 3.8) is 0 Å². The van der Waals surface area contributed by atoms with Crippen molar-refractivity contribution in [2.24, 2.45) is 11.8 Å². The van der Waals surface area contributed by atoms with Gasteiger partial charge in [0.05, 0.1) is 17.4 Å². The number of hydrogen-bond acceptors (Lipinski definition) is 5. The third-order valence-corrected chi connectivity index (χ3v) is 5.15. The van der Waals surface area contributed by atoms with Gasteiger partial charge in [-0.15, -0.1) is 0 Å². The second kappa shape index (κ2) is 4.81. The van der Waals surface area contributed by atoms with E-state index in [1.165, 1.54) is 6.92 Å². The number of fused-ring (bicyclic) bond motifs is 2. The average molecular weight is 304 g/mol. The van der Waals surface area contributed by atoms with Crippen LogP contribution >= 0.6 is 0 Å². The molecule has 5 heteroatoms. The second-order valence-electron chi connectivity index (χ2n) is 6.44. The minimum absolute atomic E-state index is 0.285. The van der Waals surface area contributed by atoms with Gasteiger partial charge in [-0.2, -0.15) is 0 Å². The molecule has 0 aromatic rings. The van der Waals surface area contributed by atoms with Gasteiger partial charge in [-0.05, 0) is 18.4 Å². The van der Waals surface area contributed by atoms with Crippen LogP contribution in [0, 0.1) is 11.8 Å². The van der Waals surface area contributed by atoms with Crippen molar-refractivity contribution in [2.45, 2.75) is 44.0 Å². The standard InChI is InChI=1S/C17H20O5/c1-8-5-6-17(20)9(2)7-12-13(10(3)16(19)22-12)15(14(8)17)21-11(4)18/h12-15,20H,1-3,5-7H2,4H3/t12-,13+,14-,15-,17+/m0/s1. The predicted octanol–water partition coefficient (Wildman–Crippen LogP) is 1.67. The van der Waals surface area contributed by atoms with Gasteiger partial charge >= 0.3 is 11.9 Å². The van der Waals surface area contributed by atoms with E-state index in [2.05, 4.69) is 19.7 Å². The summed E-state index contributed by atoms with van der Waals surface area (Å²) in [5, 5.41) is 11.1. The fraction of sp³-hybridized carbons (Fsp3) is 0.529. The van der Waals surface area contributed by atoms with Gasteiger partial charge in [-0.25, -0.2) is 4.79 Å². The molecule has 1 N–H and O–H groups in total. The summed E-state index contributed by atoms with van der Waals surface area (Å²) in [5.41, 5.74) is 0.521. The molecule has 22 heavy (non-hydrogen) atoms. The minimum atomic E-state index is -1.17. The molecule has 118 valence electrons. The van der Waals surface area contributed by atoms with Gasteiger partial charge in [-0.1, -0.05) is 25.3 Å². The molecule has 2 saturated carbocycles. The van der Waals surface area contributed by atoms with Gasteiger partial charge < -0.3 is 14.6 Å². The summed E-state index contributed by atoms with van der Waals surface area (Å²) in [5.74, 6) is -1.90. The van der Waals surface area contributed by atoms with Crippen LogP contribution in [0.4, 0.5) is 0 Å². The van der Waals surface area contributed by atoms with Crippen LogP contribution in [0.15, 0.2) is 36.5 Å². The first-order valence-corrected chi connectivity index (χ1v) is 7.41. The number of aliphatic hydroxyl groups is 1. The van der Waals surface area contributed by atoms with E-state index >= 15 is 0 Å². The highest BCUT2D eigenvalue weighted by molar-refractivity contribution is 5.91. The van der Waals surface area contributed by atoms with E-state index in [9.17, 15) is 14.7 Å². The molecule has 0 radical (unpaired) electrons. The van der Waals surface area contributed by atoms with E-state index in [0.29, 0.717) is 24.8 Å². The Morgan fingerprint density at radius 1 is 1.41 bits per heavy atom. The number of esters is 2. The number of ether oxygens (including phenoxy) is 2. The maximum Gasteiger partial charge on any atom is 0.334 e. The molecule has 3 aliphatic rings. The number of rotatable bonds is 1. The van der Waals surface area contributed by atoms with Crippen molar-refractivity contribution in [1.29, 1.82) is 0 Å². The number of carbonyl (C=O) groups excluding carboxylic acids is 2. The minimum Gasteiger partial charge on any atom is -0.461 e. The zero-order valence-corrected chi connectivity index (χ0v) is 12.6. The second-order valence-corrected chi connectivity index (χ2v) is 6.44. The molecule has 0 aromatic heterocycles. The lowest BCUT2D eigenvalue weighted by molar-refractivity contribution is -0.155. The summed E-state index contributed by atoms with van der Waals surface area (Å²) in [6.45, 7) is 13.1. The number of hydrogen-bond donors (Lipinski definition) is 1. The van der Waals surface area contributed by atoms with Crippen LogP contribution in [0.25, 0.3) is 0 Å². The van der Waals surface area contributed by atoms with Gasteiger partial charge in [0.25, 0.3) is 0 Å². The Labute approximate surface area is 129 Å². The van der Waals surface area contributed by atoms with Crippen LogP contribution < -0.4 is 0 Å². The van der Waals surface area contributed by atoms with E-state index in [4.69, 9.17) is 9.47 Å². The van der Waals surface area contributed by atoms with Crippen molar-refractivity contribution in [2.75, 3.05) is 0 Å². The van der Waals surface area contributed by atoms with Gasteiger partial charge in [0, 0.05) is 18.9 Å². The molecular formula is C17H20O5. The quantitative estimate of drug-likeness (QED) is 0.453. The fourth-order valence-electron chi connectivity index (χ4n) is 4.09. The van der Waals surface area contributed by atoms with Gasteiger partial charge in [0.15, 0.2) is 0 Å². The monoisotopic (exact) mass is 304 g/mol. The first-order valence-electron chi connectivity index (χ1n) is 7.41. The molecule has 3 fully saturated rings. The van der Waals surface area contributed by atoms with Gasteiger partial charge in [-0.3, -0.25) is 4.79 Å². The van der Waals surface area contributed by atoms with Gasteiger partial charge in [0.1, 0.15) is 12.2 Å². The van der Waals surface area contributed by atoms with Gasteiger partial charge in [0.2, 0.25) is 0 Å². The van der Waals surface area contributed by atoms with Crippen LogP contribution in [0.5, 0.6) is 0 Å². The molecule has 1 aliphatic heterocycles. The van der Waals surface area contributed by atoms with E-state index in [1.807, 2.05) is 0 Å². The highest BCUT2D eigenvalue weighted by atomic mass is 16.6. The Morgan fingerprint density at radius 3 is 2.73 bits per heavy atom. The highest BCUT2D eigenvalue weighted by Crippen LogP contribution is 2.54. The summed E-state index contributed by atoms with van der Waals surface area (Å²) in [6.07, 6.45) is 0.261. The normalized spacial score (nSPS) is 40.8. The Balaban J connectivity index is 2.11. The van der Waals surface area contributed by atoms with E-state index in [1.54, 1.807) is 0 Å². The molecule has 0 bridgehead atoms. The summed E-state index contributed by atoms with van der Waals surface area (Å²) >= 11 is 0. The van der Waals surface area contributed by atoms with Crippen LogP contribution in [-0.4, -0.2) is 34.9 Å². The molecule has 0 amide bonds. The largest absolute Gasteiger partial charge is 0.461 e. The molecule has 2 aliphatic carbocycles. The van der Waals surface area contributed by atoms with Crippen LogP contribution in [0.2, 0.25) is 0 Å². The van der Waals surface area contributed by atoms with Crippen LogP contribution in [-0.2, 0) is 19.1 Å². The van der Waals surface area contributed by atoms with Crippen molar-refractivity contribution in [1.82, 2.24) is 0 Å². The third kappa shape index (κ3) is 1.96. The first-order chi connectivity index (χ1) is 10.3. The molecule has 0 unspecified atom stereocenters. The summed E-state index contributed by atoms with van der Waals surface area (Å²) < 4.78 is 10.9. The summed E-state index contributed by atoms with van der Waals surface area (Å²) in [6, 6.07) is 0. The first kappa shape index (κ1) is 15.0. The lowest BCUT2D eigenvalue weighted by Gasteiger charge is -2.36. The SMILES string of the molecule is C=C1C(=O)O[C@H]2CC(=C)[C@]3(O)CCC(=C)[C@H]3[C@@H](OC(C)=O)[C@H]12. The topological polar surface area (TPSA) is 72.8 Å². The molecule has 0 spiro atoms. The summed E-state index contributed by atoms with van der Waals surface area (Å²) in [4.78, 5) is 23.4. The Kier molecular flexibility index (Phi) is 3.29. The van der Waals surface area contributed by atoms with E-state index < -0.39 is 41.6 Å². The average Bonchev–Trinajstić information content (AvgIpc) is 2.84. The smallest absolute Gasteiger partial charge is 0.334 e. The molecular weight excluding hydrogens is 284 g/mol. The molecule has 5 atom stereocenters. The van der Waals surface area contributed by atoms with Crippen molar-refractivity contribution in [3.05, 3.63) is 36.5 Å². The highest BCUT2D eigenvalue weighted by Gasteiger charge is 2.59. The molecule has 5 nitrogen and oxygen atoms in total. The van der Waals surface area contributed by atoms with Crippen molar-refractivity contribution >= 4 is 11.9 Å². The Morgan fingerprint density at radius 2 is 2.09 bits per heavy atom. The summed E-state index contributed by atoms with van der Waals surface area (Å²) in [7, 11) is 0. The fourth-order valence-corrected chi connectivity index (χ4v) is 4.09. The maximum absolute atomic E-state index is 11.9. The Hall–Kier alpha value is -1.88. The molecule has 1 heterocycles.